The second-order valence-electron chi connectivity index (χ2n) is 2.07. The van der Waals surface area contributed by atoms with Crippen LogP contribution in [0, 0.1) is 12.9 Å². The number of rotatable bonds is 0. The van der Waals surface area contributed by atoms with Crippen molar-refractivity contribution in [3.8, 4) is 0 Å². The van der Waals surface area contributed by atoms with Gasteiger partial charge in [-0.3, -0.25) is 0 Å². The van der Waals surface area contributed by atoms with Crippen LogP contribution in [-0.2, 0) is 0 Å². The lowest BCUT2D eigenvalue weighted by molar-refractivity contribution is 0.577. The standard InChI is InChI=1S/C6H6BFN2/c1-3-2-4(7)6(9)10-5(3)8/h2H,1H3,(H2,9,10). The lowest BCUT2D eigenvalue weighted by atomic mass is 9.96. The van der Waals surface area contributed by atoms with Crippen LogP contribution >= 0.6 is 0 Å². The van der Waals surface area contributed by atoms with Gasteiger partial charge in [0.15, 0.2) is 0 Å². The summed E-state index contributed by atoms with van der Waals surface area (Å²) in [7, 11) is 5.34. The van der Waals surface area contributed by atoms with E-state index in [1.54, 1.807) is 6.92 Å². The normalized spacial score (nSPS) is 9.80. The summed E-state index contributed by atoms with van der Waals surface area (Å²) in [5.74, 6) is -0.519. The highest BCUT2D eigenvalue weighted by molar-refractivity contribution is 6.35. The Bertz CT molecular complexity index is 212. The van der Waals surface area contributed by atoms with Crippen LogP contribution in [0.25, 0.3) is 0 Å². The Hall–Kier alpha value is -1.06. The molecule has 0 unspecified atom stereocenters. The first-order chi connectivity index (χ1) is 4.61. The van der Waals surface area contributed by atoms with E-state index in [9.17, 15) is 4.39 Å². The van der Waals surface area contributed by atoms with Gasteiger partial charge in [-0.15, -0.1) is 0 Å². The molecule has 10 heavy (non-hydrogen) atoms. The predicted molar refractivity (Wildman–Crippen MR) is 38.7 cm³/mol. The molecule has 0 aliphatic rings. The summed E-state index contributed by atoms with van der Waals surface area (Å²) < 4.78 is 12.5. The smallest absolute Gasteiger partial charge is 0.217 e. The zero-order valence-electron chi connectivity index (χ0n) is 5.56. The minimum Gasteiger partial charge on any atom is -0.384 e. The molecule has 2 N–H and O–H groups in total. The molecule has 4 heteroatoms. The van der Waals surface area contributed by atoms with E-state index in [1.165, 1.54) is 6.07 Å². The molecule has 0 amide bonds. The molecule has 0 aliphatic carbocycles. The van der Waals surface area contributed by atoms with Gasteiger partial charge in [0.2, 0.25) is 5.95 Å². The van der Waals surface area contributed by atoms with E-state index in [0.29, 0.717) is 11.0 Å². The summed E-state index contributed by atoms with van der Waals surface area (Å²) >= 11 is 0. The Balaban J connectivity index is 3.28. The molecular weight excluding hydrogens is 130 g/mol. The minimum absolute atomic E-state index is 0.0445. The maximum atomic E-state index is 12.5. The van der Waals surface area contributed by atoms with Crippen molar-refractivity contribution < 1.29 is 4.39 Å². The molecule has 2 radical (unpaired) electrons. The minimum atomic E-state index is -0.563. The molecule has 0 atom stereocenters. The monoisotopic (exact) mass is 136 g/mol. The number of nitrogen functional groups attached to an aromatic ring is 1. The van der Waals surface area contributed by atoms with Crippen molar-refractivity contribution in [1.82, 2.24) is 4.98 Å². The molecule has 0 fully saturated rings. The van der Waals surface area contributed by atoms with E-state index < -0.39 is 5.95 Å². The molecule has 0 bridgehead atoms. The summed E-state index contributed by atoms with van der Waals surface area (Å²) in [6, 6.07) is 1.46. The van der Waals surface area contributed by atoms with E-state index in [-0.39, 0.29) is 5.82 Å². The number of hydrogen-bond acceptors (Lipinski definition) is 2. The number of pyridine rings is 1. The first-order valence-corrected chi connectivity index (χ1v) is 2.79. The number of aromatic nitrogens is 1. The van der Waals surface area contributed by atoms with Gasteiger partial charge in [-0.05, 0) is 6.92 Å². The SMILES string of the molecule is [B]c1cc(C)c(F)nc1N. The molecule has 50 valence electrons. The third-order valence-electron chi connectivity index (χ3n) is 1.21. The summed E-state index contributed by atoms with van der Waals surface area (Å²) in [5.41, 5.74) is 5.94. The van der Waals surface area contributed by atoms with E-state index in [0.717, 1.165) is 0 Å². The maximum Gasteiger partial charge on any atom is 0.217 e. The summed E-state index contributed by atoms with van der Waals surface area (Å²) in [5, 5.41) is 0. The van der Waals surface area contributed by atoms with Gasteiger partial charge in [0.25, 0.3) is 0 Å². The number of aryl methyl sites for hydroxylation is 1. The number of hydrogen-bond donors (Lipinski definition) is 1. The first kappa shape index (κ1) is 7.06. The average Bonchev–Trinajstić information content (AvgIpc) is 1.84. The van der Waals surface area contributed by atoms with E-state index in [4.69, 9.17) is 13.6 Å². The Kier molecular flexibility index (Phi) is 1.61. The van der Waals surface area contributed by atoms with Gasteiger partial charge in [-0.1, -0.05) is 11.5 Å². The molecule has 0 saturated heterocycles. The Morgan fingerprint density at radius 3 is 2.80 bits per heavy atom. The lowest BCUT2D eigenvalue weighted by Gasteiger charge is -2.00. The van der Waals surface area contributed by atoms with Crippen LogP contribution in [-0.4, -0.2) is 12.8 Å². The van der Waals surface area contributed by atoms with Gasteiger partial charge >= 0.3 is 0 Å². The molecule has 2 nitrogen and oxygen atoms in total. The van der Waals surface area contributed by atoms with Crippen LogP contribution in [0.1, 0.15) is 5.56 Å². The predicted octanol–water partition coefficient (Wildman–Crippen LogP) is -0.0949. The molecule has 1 heterocycles. The first-order valence-electron chi connectivity index (χ1n) is 2.79. The van der Waals surface area contributed by atoms with Crippen LogP contribution in [0.5, 0.6) is 0 Å². The van der Waals surface area contributed by atoms with Crippen LogP contribution in [0.2, 0.25) is 0 Å². The fourth-order valence-electron chi connectivity index (χ4n) is 0.625. The number of nitrogens with zero attached hydrogens (tertiary/aromatic N) is 1. The van der Waals surface area contributed by atoms with Crippen molar-refractivity contribution in [2.45, 2.75) is 6.92 Å². The third-order valence-corrected chi connectivity index (χ3v) is 1.21. The zero-order chi connectivity index (χ0) is 7.72. The fourth-order valence-corrected chi connectivity index (χ4v) is 0.625. The second-order valence-corrected chi connectivity index (χ2v) is 2.07. The second kappa shape index (κ2) is 2.29. The zero-order valence-corrected chi connectivity index (χ0v) is 5.56. The van der Waals surface area contributed by atoms with Gasteiger partial charge < -0.3 is 5.73 Å². The van der Waals surface area contributed by atoms with Gasteiger partial charge in [0.05, 0.1) is 0 Å². The van der Waals surface area contributed by atoms with E-state index in [2.05, 4.69) is 4.98 Å². The lowest BCUT2D eigenvalue weighted by Crippen LogP contribution is -2.13. The van der Waals surface area contributed by atoms with E-state index in [1.807, 2.05) is 0 Å². The van der Waals surface area contributed by atoms with Crippen LogP contribution < -0.4 is 11.2 Å². The topological polar surface area (TPSA) is 38.9 Å². The van der Waals surface area contributed by atoms with Gasteiger partial charge in [0, 0.05) is 5.56 Å². The largest absolute Gasteiger partial charge is 0.384 e. The van der Waals surface area contributed by atoms with Crippen molar-refractivity contribution >= 4 is 19.1 Å². The van der Waals surface area contributed by atoms with Crippen LogP contribution in [0.4, 0.5) is 10.2 Å². The molecule has 1 aromatic rings. The molecule has 0 saturated carbocycles. The summed E-state index contributed by atoms with van der Waals surface area (Å²) in [6.45, 7) is 1.58. The summed E-state index contributed by atoms with van der Waals surface area (Å²) in [6.07, 6.45) is 0. The maximum absolute atomic E-state index is 12.5. The van der Waals surface area contributed by atoms with Crippen molar-refractivity contribution in [2.75, 3.05) is 5.73 Å². The Labute approximate surface area is 59.7 Å². The van der Waals surface area contributed by atoms with E-state index >= 15 is 0 Å². The average molecular weight is 136 g/mol. The highest BCUT2D eigenvalue weighted by Crippen LogP contribution is 2.01. The van der Waals surface area contributed by atoms with Crippen molar-refractivity contribution in [3.05, 3.63) is 17.6 Å². The summed E-state index contributed by atoms with van der Waals surface area (Å²) in [4.78, 5) is 3.36. The number of nitrogens with two attached hydrogens (primary N) is 1. The van der Waals surface area contributed by atoms with Gasteiger partial charge in [-0.25, -0.2) is 4.98 Å². The van der Waals surface area contributed by atoms with Crippen LogP contribution in [0.15, 0.2) is 6.07 Å². The van der Waals surface area contributed by atoms with Gasteiger partial charge in [-0.2, -0.15) is 4.39 Å². The Morgan fingerprint density at radius 2 is 2.30 bits per heavy atom. The number of halogens is 1. The molecule has 1 aromatic heterocycles. The van der Waals surface area contributed by atoms with Crippen LogP contribution in [0.3, 0.4) is 0 Å². The highest BCUT2D eigenvalue weighted by Gasteiger charge is 2.00. The van der Waals surface area contributed by atoms with Gasteiger partial charge in [0.1, 0.15) is 13.7 Å². The molecule has 0 aliphatic heterocycles. The fraction of sp³-hybridized carbons (Fsp3) is 0.167. The Morgan fingerprint density at radius 1 is 1.70 bits per heavy atom. The third kappa shape index (κ3) is 1.10. The van der Waals surface area contributed by atoms with Crippen molar-refractivity contribution in [3.63, 3.8) is 0 Å². The molecule has 0 spiro atoms. The number of anilines is 1. The van der Waals surface area contributed by atoms with Crippen molar-refractivity contribution in [2.24, 2.45) is 0 Å². The highest BCUT2D eigenvalue weighted by atomic mass is 19.1. The molecule has 0 aromatic carbocycles. The molecule has 1 rings (SSSR count). The molecular formula is C6H6BFN2. The quantitative estimate of drug-likeness (QED) is 0.399. The van der Waals surface area contributed by atoms with Crippen molar-refractivity contribution in [1.29, 1.82) is 0 Å².